The summed E-state index contributed by atoms with van der Waals surface area (Å²) in [7, 11) is -4.50. The predicted molar refractivity (Wildman–Crippen MR) is 30.0 cm³/mol. The van der Waals surface area contributed by atoms with Gasteiger partial charge < -0.3 is 5.11 Å². The van der Waals surface area contributed by atoms with E-state index in [2.05, 4.69) is 0 Å². The molecule has 0 bridgehead atoms. The largest absolute Gasteiger partial charge is 0.395 e. The minimum atomic E-state index is -4.50. The molecule has 7 heteroatoms. The second-order valence-electron chi connectivity index (χ2n) is 1.42. The van der Waals surface area contributed by atoms with Gasteiger partial charge in [-0.1, -0.05) is 0 Å². The molecule has 0 amide bonds. The zero-order valence-corrected chi connectivity index (χ0v) is 5.74. The van der Waals surface area contributed by atoms with Crippen LogP contribution in [0.5, 0.6) is 0 Å². The Morgan fingerprint density at radius 2 is 2.00 bits per heavy atom. The molecule has 4 nitrogen and oxygen atoms in total. The average molecular weight is 175 g/mol. The highest BCUT2D eigenvalue weighted by molar-refractivity contribution is 7.89. The van der Waals surface area contributed by atoms with Gasteiger partial charge in [0, 0.05) is 6.54 Å². The van der Waals surface area contributed by atoms with E-state index >= 15 is 0 Å². The van der Waals surface area contributed by atoms with Crippen molar-refractivity contribution in [2.45, 2.75) is 5.76 Å². The number of alkyl halides is 2. The number of hydrogen-bond donors (Lipinski definition) is 2. The van der Waals surface area contributed by atoms with Crippen molar-refractivity contribution < 1.29 is 22.3 Å². The molecule has 0 fully saturated rings. The molecule has 2 N–H and O–H groups in total. The third-order valence-corrected chi connectivity index (χ3v) is 1.73. The summed E-state index contributed by atoms with van der Waals surface area (Å²) < 4.78 is 44.5. The third kappa shape index (κ3) is 3.04. The fraction of sp³-hybridized carbons (Fsp3) is 1.00. The van der Waals surface area contributed by atoms with Gasteiger partial charge in [0.25, 0.3) is 10.0 Å². The molecule has 0 aromatic carbocycles. The Hall–Kier alpha value is -0.270. The first-order chi connectivity index (χ1) is 4.50. The van der Waals surface area contributed by atoms with E-state index in [1.54, 1.807) is 0 Å². The maximum absolute atomic E-state index is 11.4. The summed E-state index contributed by atoms with van der Waals surface area (Å²) in [5.41, 5.74) is 0. The van der Waals surface area contributed by atoms with E-state index in [-0.39, 0.29) is 6.54 Å². The molecular weight excluding hydrogens is 168 g/mol. The van der Waals surface area contributed by atoms with Gasteiger partial charge in [0.15, 0.2) is 0 Å². The molecule has 0 aliphatic carbocycles. The second kappa shape index (κ2) is 3.79. The highest BCUT2D eigenvalue weighted by atomic mass is 32.2. The van der Waals surface area contributed by atoms with Crippen molar-refractivity contribution in [3.63, 3.8) is 0 Å². The van der Waals surface area contributed by atoms with Gasteiger partial charge in [0.1, 0.15) is 0 Å². The lowest BCUT2D eigenvalue weighted by atomic mass is 10.8. The zero-order valence-electron chi connectivity index (χ0n) is 4.92. The summed E-state index contributed by atoms with van der Waals surface area (Å²) in [4.78, 5) is 0. The van der Waals surface area contributed by atoms with E-state index in [0.717, 1.165) is 0 Å². The van der Waals surface area contributed by atoms with E-state index in [9.17, 15) is 17.2 Å². The van der Waals surface area contributed by atoms with Crippen LogP contribution >= 0.6 is 0 Å². The van der Waals surface area contributed by atoms with Crippen molar-refractivity contribution in [3.05, 3.63) is 0 Å². The monoisotopic (exact) mass is 175 g/mol. The normalized spacial score (nSPS) is 12.4. The summed E-state index contributed by atoms with van der Waals surface area (Å²) in [6.07, 6.45) is 0. The van der Waals surface area contributed by atoms with Crippen LogP contribution in [0.25, 0.3) is 0 Å². The average Bonchev–Trinajstić information content (AvgIpc) is 1.84. The smallest absolute Gasteiger partial charge is 0.350 e. The standard InChI is InChI=1S/C3H7F2NO3S/c4-3(5)10(8,9)6-1-2-7/h3,6-7H,1-2H2. The lowest BCUT2D eigenvalue weighted by Crippen LogP contribution is -2.31. The first-order valence-corrected chi connectivity index (χ1v) is 3.93. The SMILES string of the molecule is O=S(=O)(NCCO)C(F)F. The number of nitrogens with one attached hydrogen (secondary N) is 1. The maximum atomic E-state index is 11.4. The Balaban J connectivity index is 3.90. The number of aliphatic hydroxyl groups excluding tert-OH is 1. The molecule has 0 saturated carbocycles. The van der Waals surface area contributed by atoms with Crippen LogP contribution in [0, 0.1) is 0 Å². The molecule has 10 heavy (non-hydrogen) atoms. The highest BCUT2D eigenvalue weighted by Gasteiger charge is 2.22. The predicted octanol–water partition coefficient (Wildman–Crippen LogP) is -0.879. The van der Waals surface area contributed by atoms with E-state index in [1.807, 2.05) is 0 Å². The molecule has 0 aliphatic rings. The Kier molecular flexibility index (Phi) is 3.69. The second-order valence-corrected chi connectivity index (χ2v) is 3.16. The quantitative estimate of drug-likeness (QED) is 0.583. The van der Waals surface area contributed by atoms with Gasteiger partial charge in [0.05, 0.1) is 6.61 Å². The molecular formula is C3H7F2NO3S. The zero-order chi connectivity index (χ0) is 8.20. The first-order valence-electron chi connectivity index (χ1n) is 2.38. The molecule has 0 aliphatic heterocycles. The number of halogens is 2. The molecule has 0 aromatic heterocycles. The van der Waals surface area contributed by atoms with Crippen LogP contribution in [0.3, 0.4) is 0 Å². The molecule has 0 spiro atoms. The van der Waals surface area contributed by atoms with Crippen LogP contribution < -0.4 is 4.72 Å². The number of hydrogen-bond acceptors (Lipinski definition) is 3. The van der Waals surface area contributed by atoms with E-state index in [4.69, 9.17) is 5.11 Å². The van der Waals surface area contributed by atoms with Crippen LogP contribution in [0.1, 0.15) is 0 Å². The van der Waals surface area contributed by atoms with Crippen LogP contribution in [-0.2, 0) is 10.0 Å². The minimum Gasteiger partial charge on any atom is -0.395 e. The summed E-state index contributed by atoms with van der Waals surface area (Å²) in [6.45, 7) is -0.876. The van der Waals surface area contributed by atoms with Crippen molar-refractivity contribution in [3.8, 4) is 0 Å². The van der Waals surface area contributed by atoms with Gasteiger partial charge in [-0.2, -0.15) is 8.78 Å². The maximum Gasteiger partial charge on any atom is 0.350 e. The molecule has 0 heterocycles. The van der Waals surface area contributed by atoms with Crippen molar-refractivity contribution in [2.24, 2.45) is 0 Å². The molecule has 0 saturated heterocycles. The van der Waals surface area contributed by atoms with E-state index in [0.29, 0.717) is 0 Å². The molecule has 0 aromatic rings. The van der Waals surface area contributed by atoms with Crippen LogP contribution in [0.15, 0.2) is 0 Å². The van der Waals surface area contributed by atoms with Crippen molar-refractivity contribution in [2.75, 3.05) is 13.2 Å². The summed E-state index contributed by atoms with van der Waals surface area (Å²) in [6, 6.07) is 0. The Labute approximate surface area is 56.9 Å². The Morgan fingerprint density at radius 3 is 2.30 bits per heavy atom. The van der Waals surface area contributed by atoms with Gasteiger partial charge in [0.2, 0.25) is 0 Å². The van der Waals surface area contributed by atoms with E-state index in [1.165, 1.54) is 4.72 Å². The van der Waals surface area contributed by atoms with Crippen LogP contribution in [-0.4, -0.2) is 32.4 Å². The molecule has 62 valence electrons. The van der Waals surface area contributed by atoms with Crippen molar-refractivity contribution in [1.29, 1.82) is 0 Å². The lowest BCUT2D eigenvalue weighted by molar-refractivity contribution is 0.230. The Morgan fingerprint density at radius 1 is 1.50 bits per heavy atom. The van der Waals surface area contributed by atoms with Gasteiger partial charge in [-0.25, -0.2) is 13.1 Å². The van der Waals surface area contributed by atoms with Gasteiger partial charge >= 0.3 is 5.76 Å². The number of sulfonamides is 1. The first kappa shape index (κ1) is 9.73. The summed E-state index contributed by atoms with van der Waals surface area (Å²) in [5.74, 6) is -3.43. The molecule has 0 unspecified atom stereocenters. The number of rotatable bonds is 4. The van der Waals surface area contributed by atoms with Crippen LogP contribution in [0.4, 0.5) is 8.78 Å². The summed E-state index contributed by atoms with van der Waals surface area (Å²) >= 11 is 0. The molecule has 0 atom stereocenters. The lowest BCUT2D eigenvalue weighted by Gasteiger charge is -2.01. The fourth-order valence-corrected chi connectivity index (χ4v) is 0.753. The van der Waals surface area contributed by atoms with Crippen LogP contribution in [0.2, 0.25) is 0 Å². The van der Waals surface area contributed by atoms with Gasteiger partial charge in [-0.3, -0.25) is 0 Å². The number of aliphatic hydroxyl groups is 1. The summed E-state index contributed by atoms with van der Waals surface area (Å²) in [5, 5.41) is 8.04. The van der Waals surface area contributed by atoms with Gasteiger partial charge in [-0.05, 0) is 0 Å². The Bertz CT molecular complexity index is 178. The van der Waals surface area contributed by atoms with Gasteiger partial charge in [-0.15, -0.1) is 0 Å². The molecule has 0 radical (unpaired) electrons. The highest BCUT2D eigenvalue weighted by Crippen LogP contribution is 1.99. The third-order valence-electron chi connectivity index (χ3n) is 0.650. The topological polar surface area (TPSA) is 66.4 Å². The van der Waals surface area contributed by atoms with Crippen molar-refractivity contribution >= 4 is 10.0 Å². The minimum absolute atomic E-state index is 0.382. The van der Waals surface area contributed by atoms with Crippen molar-refractivity contribution in [1.82, 2.24) is 4.72 Å². The fourth-order valence-electron chi connectivity index (χ4n) is 0.251. The van der Waals surface area contributed by atoms with E-state index < -0.39 is 22.4 Å². The molecule has 0 rings (SSSR count).